The Morgan fingerprint density at radius 2 is 1.89 bits per heavy atom. The zero-order valence-corrected chi connectivity index (χ0v) is 17.1. The van der Waals surface area contributed by atoms with Crippen LogP contribution in [0.3, 0.4) is 0 Å². The van der Waals surface area contributed by atoms with Crippen LogP contribution in [-0.2, 0) is 22.8 Å². The van der Waals surface area contributed by atoms with Crippen molar-refractivity contribution >= 4 is 27.3 Å². The number of benzene rings is 2. The van der Waals surface area contributed by atoms with Gasteiger partial charge < -0.3 is 9.64 Å². The van der Waals surface area contributed by atoms with Gasteiger partial charge in [-0.05, 0) is 61.7 Å². The van der Waals surface area contributed by atoms with Gasteiger partial charge in [0.15, 0.2) is 9.84 Å². The van der Waals surface area contributed by atoms with Crippen molar-refractivity contribution in [3.63, 3.8) is 0 Å². The molecule has 0 saturated heterocycles. The number of fused-ring (bicyclic) bond motifs is 1. The fourth-order valence-corrected chi connectivity index (χ4v) is 3.97. The van der Waals surface area contributed by atoms with Crippen molar-refractivity contribution in [1.29, 1.82) is 0 Å². The summed E-state index contributed by atoms with van der Waals surface area (Å²) < 4.78 is 29.6. The molecule has 0 radical (unpaired) electrons. The average Bonchev–Trinajstić information content (AvgIpc) is 2.59. The molecule has 7 heteroatoms. The normalized spacial score (nSPS) is 14.2. The van der Waals surface area contributed by atoms with Gasteiger partial charge in [-0.2, -0.15) is 0 Å². The molecule has 0 saturated carbocycles. The zero-order chi connectivity index (χ0) is 19.8. The Morgan fingerprint density at radius 3 is 2.56 bits per heavy atom. The second-order valence-electron chi connectivity index (χ2n) is 6.99. The lowest BCUT2D eigenvalue weighted by atomic mass is 9.99. The summed E-state index contributed by atoms with van der Waals surface area (Å²) in [5.41, 5.74) is 2.45. The van der Waals surface area contributed by atoms with E-state index in [4.69, 9.17) is 16.3 Å². The molecule has 0 unspecified atom stereocenters. The van der Waals surface area contributed by atoms with Gasteiger partial charge in [-0.25, -0.2) is 8.42 Å². The van der Waals surface area contributed by atoms with Crippen LogP contribution in [0.25, 0.3) is 0 Å². The molecular formula is C20H22ClNO4S. The molecule has 1 heterocycles. The first-order valence-electron chi connectivity index (χ1n) is 8.72. The van der Waals surface area contributed by atoms with Crippen LogP contribution in [0.15, 0.2) is 41.3 Å². The van der Waals surface area contributed by atoms with Crippen LogP contribution >= 0.6 is 11.6 Å². The fraction of sp³-hybridized carbons (Fsp3) is 0.350. The molecule has 3 rings (SSSR count). The minimum Gasteiger partial charge on any atom is -0.490 e. The van der Waals surface area contributed by atoms with Gasteiger partial charge in [0.05, 0.1) is 16.6 Å². The van der Waals surface area contributed by atoms with E-state index in [0.717, 1.165) is 17.4 Å². The van der Waals surface area contributed by atoms with Crippen molar-refractivity contribution < 1.29 is 17.9 Å². The van der Waals surface area contributed by atoms with Crippen LogP contribution in [0.4, 0.5) is 0 Å². The number of ether oxygens (including phenoxy) is 1. The van der Waals surface area contributed by atoms with E-state index in [1.165, 1.54) is 12.1 Å². The summed E-state index contributed by atoms with van der Waals surface area (Å²) in [6, 6.07) is 10.1. The van der Waals surface area contributed by atoms with E-state index in [-0.39, 0.29) is 22.5 Å². The largest absolute Gasteiger partial charge is 0.490 e. The topological polar surface area (TPSA) is 63.7 Å². The SMILES string of the molecule is CC(C)Oc1ccc(S(C)(=O)=O)cc1C(=O)N1CCc2cc(Cl)ccc2C1. The molecule has 1 aliphatic rings. The van der Waals surface area contributed by atoms with Crippen molar-refractivity contribution in [3.05, 3.63) is 58.1 Å². The highest BCUT2D eigenvalue weighted by molar-refractivity contribution is 7.90. The van der Waals surface area contributed by atoms with Crippen LogP contribution in [0, 0.1) is 0 Å². The van der Waals surface area contributed by atoms with Gasteiger partial charge in [-0.15, -0.1) is 0 Å². The van der Waals surface area contributed by atoms with Crippen LogP contribution in [0.5, 0.6) is 5.75 Å². The predicted molar refractivity (Wildman–Crippen MR) is 105 cm³/mol. The third-order valence-corrected chi connectivity index (χ3v) is 5.79. The van der Waals surface area contributed by atoms with Gasteiger partial charge in [0.25, 0.3) is 5.91 Å². The summed E-state index contributed by atoms with van der Waals surface area (Å²) in [7, 11) is -3.43. The van der Waals surface area contributed by atoms with Gasteiger partial charge in [-0.1, -0.05) is 17.7 Å². The monoisotopic (exact) mass is 407 g/mol. The van der Waals surface area contributed by atoms with Crippen molar-refractivity contribution in [2.24, 2.45) is 0 Å². The number of sulfone groups is 1. The van der Waals surface area contributed by atoms with Crippen molar-refractivity contribution in [3.8, 4) is 5.75 Å². The molecule has 0 aromatic heterocycles. The van der Waals surface area contributed by atoms with Crippen molar-refractivity contribution in [2.75, 3.05) is 12.8 Å². The summed E-state index contributed by atoms with van der Waals surface area (Å²) >= 11 is 6.05. The van der Waals surface area contributed by atoms with Crippen molar-refractivity contribution in [1.82, 2.24) is 4.90 Å². The molecule has 0 atom stereocenters. The molecule has 2 aromatic carbocycles. The second-order valence-corrected chi connectivity index (χ2v) is 9.44. The van der Waals surface area contributed by atoms with Gasteiger partial charge >= 0.3 is 0 Å². The molecule has 5 nitrogen and oxygen atoms in total. The summed E-state index contributed by atoms with van der Waals surface area (Å²) in [4.78, 5) is 15.0. The van der Waals surface area contributed by atoms with E-state index < -0.39 is 9.84 Å². The zero-order valence-electron chi connectivity index (χ0n) is 15.5. The summed E-state index contributed by atoms with van der Waals surface area (Å²) in [5.74, 6) is 0.154. The molecule has 27 heavy (non-hydrogen) atoms. The van der Waals surface area contributed by atoms with Crippen LogP contribution < -0.4 is 4.74 Å². The molecule has 2 aromatic rings. The average molecular weight is 408 g/mol. The van der Waals surface area contributed by atoms with E-state index in [1.807, 2.05) is 32.0 Å². The highest BCUT2D eigenvalue weighted by Crippen LogP contribution is 2.28. The minimum absolute atomic E-state index is 0.103. The molecule has 0 aliphatic carbocycles. The third kappa shape index (κ3) is 4.45. The molecule has 1 amide bonds. The lowest BCUT2D eigenvalue weighted by Crippen LogP contribution is -2.36. The predicted octanol–water partition coefficient (Wildman–Crippen LogP) is 3.73. The second kappa shape index (κ2) is 7.52. The Hall–Kier alpha value is -2.05. The highest BCUT2D eigenvalue weighted by Gasteiger charge is 2.26. The number of amides is 1. The van der Waals surface area contributed by atoms with E-state index in [2.05, 4.69) is 0 Å². The maximum Gasteiger partial charge on any atom is 0.257 e. The van der Waals surface area contributed by atoms with E-state index in [0.29, 0.717) is 30.3 Å². The number of hydrogen-bond acceptors (Lipinski definition) is 4. The molecule has 0 bridgehead atoms. The third-order valence-electron chi connectivity index (χ3n) is 4.44. The summed E-state index contributed by atoms with van der Waals surface area (Å²) in [6.45, 7) is 4.71. The number of rotatable bonds is 4. The summed E-state index contributed by atoms with van der Waals surface area (Å²) in [6.07, 6.45) is 1.69. The van der Waals surface area contributed by atoms with Crippen molar-refractivity contribution in [2.45, 2.75) is 37.8 Å². The molecule has 0 spiro atoms. The number of hydrogen-bond donors (Lipinski definition) is 0. The molecule has 0 fully saturated rings. The fourth-order valence-electron chi connectivity index (χ4n) is 3.13. The first kappa shape index (κ1) is 19.7. The number of halogens is 1. The maximum absolute atomic E-state index is 13.2. The summed E-state index contributed by atoms with van der Waals surface area (Å²) in [5, 5.41) is 0.682. The first-order valence-corrected chi connectivity index (χ1v) is 11.0. The van der Waals surface area contributed by atoms with E-state index >= 15 is 0 Å². The lowest BCUT2D eigenvalue weighted by Gasteiger charge is -2.30. The van der Waals surface area contributed by atoms with Gasteiger partial charge in [-0.3, -0.25) is 4.79 Å². The van der Waals surface area contributed by atoms with Crippen LogP contribution in [-0.4, -0.2) is 38.1 Å². The smallest absolute Gasteiger partial charge is 0.257 e. The molecule has 0 N–H and O–H groups in total. The molecule has 1 aliphatic heterocycles. The molecule has 144 valence electrons. The van der Waals surface area contributed by atoms with E-state index in [9.17, 15) is 13.2 Å². The maximum atomic E-state index is 13.2. The quantitative estimate of drug-likeness (QED) is 0.774. The first-order chi connectivity index (χ1) is 12.6. The van der Waals surface area contributed by atoms with Gasteiger partial charge in [0.1, 0.15) is 5.75 Å². The Balaban J connectivity index is 1.96. The number of carbonyl (C=O) groups excluding carboxylic acids is 1. The molecular weight excluding hydrogens is 386 g/mol. The highest BCUT2D eigenvalue weighted by atomic mass is 35.5. The number of nitrogens with zero attached hydrogens (tertiary/aromatic N) is 1. The minimum atomic E-state index is -3.43. The van der Waals surface area contributed by atoms with Crippen LogP contribution in [0.2, 0.25) is 5.02 Å². The Morgan fingerprint density at radius 1 is 1.15 bits per heavy atom. The van der Waals surface area contributed by atoms with E-state index in [1.54, 1.807) is 11.0 Å². The lowest BCUT2D eigenvalue weighted by molar-refractivity contribution is 0.0728. The van der Waals surface area contributed by atoms with Gasteiger partial charge in [0, 0.05) is 24.4 Å². The van der Waals surface area contributed by atoms with Crippen LogP contribution in [0.1, 0.15) is 35.3 Å². The number of carbonyl (C=O) groups is 1. The Labute approximate surface area is 164 Å². The van der Waals surface area contributed by atoms with Gasteiger partial charge in [0.2, 0.25) is 0 Å². The standard InChI is InChI=1S/C20H22ClNO4S/c1-13(2)26-19-7-6-17(27(3,24)25)11-18(19)20(23)22-9-8-14-10-16(21)5-4-15(14)12-22/h4-7,10-11,13H,8-9,12H2,1-3H3. The Bertz CT molecular complexity index is 985. The Kier molecular flexibility index (Phi) is 5.49.